The van der Waals surface area contributed by atoms with Crippen molar-refractivity contribution < 1.29 is 9.84 Å². The highest BCUT2D eigenvalue weighted by molar-refractivity contribution is 7.97. The highest BCUT2D eigenvalue weighted by atomic mass is 32.2. The van der Waals surface area contributed by atoms with Crippen molar-refractivity contribution in [1.29, 1.82) is 0 Å². The maximum atomic E-state index is 9.54. The van der Waals surface area contributed by atoms with E-state index in [4.69, 9.17) is 4.74 Å². The molecule has 0 bridgehead atoms. The van der Waals surface area contributed by atoms with Gasteiger partial charge >= 0.3 is 0 Å². The zero-order valence-electron chi connectivity index (χ0n) is 10.3. The maximum absolute atomic E-state index is 9.54. The molecular weight excluding hydrogens is 234 g/mol. The van der Waals surface area contributed by atoms with Gasteiger partial charge in [0.1, 0.15) is 0 Å². The predicted octanol–water partition coefficient (Wildman–Crippen LogP) is 2.08. The number of rotatable bonds is 3. The van der Waals surface area contributed by atoms with E-state index in [2.05, 4.69) is 35.5 Å². The van der Waals surface area contributed by atoms with Crippen molar-refractivity contribution in [1.82, 2.24) is 4.31 Å². The number of hydrogen-bond donors (Lipinski definition) is 1. The van der Waals surface area contributed by atoms with Gasteiger partial charge in [0.05, 0.1) is 18.8 Å². The first-order valence-electron chi connectivity index (χ1n) is 5.94. The van der Waals surface area contributed by atoms with Gasteiger partial charge < -0.3 is 9.84 Å². The number of nitrogens with zero attached hydrogens (tertiary/aromatic N) is 1. The van der Waals surface area contributed by atoms with Crippen molar-refractivity contribution in [2.75, 3.05) is 19.7 Å². The third-order valence-corrected chi connectivity index (χ3v) is 3.92. The Kier molecular flexibility index (Phi) is 4.45. The second-order valence-electron chi connectivity index (χ2n) is 4.44. The molecule has 0 aromatic heterocycles. The number of morpholine rings is 1. The Morgan fingerprint density at radius 3 is 2.76 bits per heavy atom. The summed E-state index contributed by atoms with van der Waals surface area (Å²) in [4.78, 5) is 1.24. The summed E-state index contributed by atoms with van der Waals surface area (Å²) >= 11 is 1.74. The first-order chi connectivity index (χ1) is 8.15. The number of benzene rings is 1. The van der Waals surface area contributed by atoms with Gasteiger partial charge in [-0.15, -0.1) is 0 Å². The van der Waals surface area contributed by atoms with E-state index in [0.29, 0.717) is 6.61 Å². The molecule has 0 amide bonds. The molecule has 1 aromatic carbocycles. The second kappa shape index (κ2) is 5.87. The Morgan fingerprint density at radius 2 is 2.12 bits per heavy atom. The van der Waals surface area contributed by atoms with Crippen molar-refractivity contribution in [2.24, 2.45) is 0 Å². The van der Waals surface area contributed by atoms with E-state index < -0.39 is 6.10 Å². The van der Waals surface area contributed by atoms with Crippen LogP contribution in [0.1, 0.15) is 12.5 Å². The van der Waals surface area contributed by atoms with Gasteiger partial charge in [-0.25, -0.2) is 4.31 Å². The van der Waals surface area contributed by atoms with E-state index in [9.17, 15) is 5.11 Å². The number of ether oxygens (including phenoxy) is 1. The topological polar surface area (TPSA) is 32.7 Å². The smallest absolute Gasteiger partial charge is 0.0967 e. The molecule has 0 saturated carbocycles. The van der Waals surface area contributed by atoms with E-state index in [-0.39, 0.29) is 6.10 Å². The molecule has 17 heavy (non-hydrogen) atoms. The van der Waals surface area contributed by atoms with Gasteiger partial charge in [-0.05, 0) is 37.9 Å². The first-order valence-corrected chi connectivity index (χ1v) is 6.72. The summed E-state index contributed by atoms with van der Waals surface area (Å²) < 4.78 is 7.78. The van der Waals surface area contributed by atoms with E-state index >= 15 is 0 Å². The van der Waals surface area contributed by atoms with Crippen LogP contribution in [-0.4, -0.2) is 41.3 Å². The summed E-state index contributed by atoms with van der Waals surface area (Å²) in [5, 5.41) is 9.54. The fourth-order valence-corrected chi connectivity index (χ4v) is 2.72. The quantitative estimate of drug-likeness (QED) is 0.836. The van der Waals surface area contributed by atoms with Crippen molar-refractivity contribution in [3.05, 3.63) is 29.8 Å². The van der Waals surface area contributed by atoms with Crippen LogP contribution in [0.25, 0.3) is 0 Å². The first kappa shape index (κ1) is 12.9. The van der Waals surface area contributed by atoms with Gasteiger partial charge in [-0.2, -0.15) is 0 Å². The van der Waals surface area contributed by atoms with Gasteiger partial charge in [0, 0.05) is 18.0 Å². The van der Waals surface area contributed by atoms with Crippen LogP contribution < -0.4 is 0 Å². The second-order valence-corrected chi connectivity index (χ2v) is 5.61. The van der Waals surface area contributed by atoms with Crippen molar-refractivity contribution in [3.63, 3.8) is 0 Å². The average Bonchev–Trinajstić information content (AvgIpc) is 2.32. The monoisotopic (exact) mass is 253 g/mol. The zero-order valence-corrected chi connectivity index (χ0v) is 11.1. The lowest BCUT2D eigenvalue weighted by Crippen LogP contribution is -2.43. The third-order valence-electron chi connectivity index (χ3n) is 2.85. The van der Waals surface area contributed by atoms with E-state index in [1.807, 2.05) is 0 Å². The minimum atomic E-state index is -0.406. The molecule has 1 saturated heterocycles. The summed E-state index contributed by atoms with van der Waals surface area (Å²) in [6.07, 6.45) is -0.474. The molecule has 0 radical (unpaired) electrons. The minimum Gasteiger partial charge on any atom is -0.391 e. The molecular formula is C13H19NO2S. The molecule has 1 aliphatic rings. The van der Waals surface area contributed by atoms with Crippen LogP contribution in [0.5, 0.6) is 0 Å². The lowest BCUT2D eigenvalue weighted by atomic mass is 10.2. The minimum absolute atomic E-state index is 0.0679. The normalized spacial score (nSPS) is 23.6. The molecule has 2 atom stereocenters. The fraction of sp³-hybridized carbons (Fsp3) is 0.538. The van der Waals surface area contributed by atoms with Crippen LogP contribution in [0, 0.1) is 6.92 Å². The Labute approximate surface area is 107 Å². The van der Waals surface area contributed by atoms with Gasteiger partial charge in [0.25, 0.3) is 0 Å². The molecule has 94 valence electrons. The molecule has 0 spiro atoms. The summed E-state index contributed by atoms with van der Waals surface area (Å²) in [6.45, 7) is 6.24. The molecule has 2 unspecified atom stereocenters. The Morgan fingerprint density at radius 1 is 1.41 bits per heavy atom. The number of aliphatic hydroxyl groups is 1. The van der Waals surface area contributed by atoms with Crippen molar-refractivity contribution >= 4 is 11.9 Å². The number of aliphatic hydroxyl groups excluding tert-OH is 1. The molecule has 1 aliphatic heterocycles. The number of aryl methyl sites for hydroxylation is 1. The number of hydrogen-bond acceptors (Lipinski definition) is 4. The largest absolute Gasteiger partial charge is 0.391 e. The predicted molar refractivity (Wildman–Crippen MR) is 70.0 cm³/mol. The van der Waals surface area contributed by atoms with E-state index in [0.717, 1.165) is 13.1 Å². The standard InChI is InChI=1S/C13H19NO2S/c1-10-3-5-12(6-4-10)17-14-7-8-16-13(9-14)11(2)15/h3-6,11,13,15H,7-9H2,1-2H3. The summed E-state index contributed by atoms with van der Waals surface area (Å²) in [5.74, 6) is 0. The van der Waals surface area contributed by atoms with Crippen LogP contribution in [-0.2, 0) is 4.74 Å². The molecule has 4 heteroatoms. The zero-order chi connectivity index (χ0) is 12.3. The van der Waals surface area contributed by atoms with Gasteiger partial charge in [-0.1, -0.05) is 17.7 Å². The summed E-state index contributed by atoms with van der Waals surface area (Å²) in [5.41, 5.74) is 1.28. The lowest BCUT2D eigenvalue weighted by molar-refractivity contribution is -0.0626. The fourth-order valence-electron chi connectivity index (χ4n) is 1.77. The lowest BCUT2D eigenvalue weighted by Gasteiger charge is -2.33. The molecule has 3 nitrogen and oxygen atoms in total. The third kappa shape index (κ3) is 3.71. The van der Waals surface area contributed by atoms with Gasteiger partial charge in [-0.3, -0.25) is 0 Å². The van der Waals surface area contributed by atoms with Crippen molar-refractivity contribution in [2.45, 2.75) is 31.0 Å². The van der Waals surface area contributed by atoms with E-state index in [1.54, 1.807) is 18.9 Å². The highest BCUT2D eigenvalue weighted by Crippen LogP contribution is 2.25. The molecule has 1 fully saturated rings. The molecule has 1 heterocycles. The van der Waals surface area contributed by atoms with Crippen LogP contribution >= 0.6 is 11.9 Å². The molecule has 1 N–H and O–H groups in total. The Hall–Kier alpha value is -0.550. The summed E-state index contributed by atoms with van der Waals surface area (Å²) in [6, 6.07) is 8.50. The molecule has 2 rings (SSSR count). The SMILES string of the molecule is Cc1ccc(SN2CCOC(C(C)O)C2)cc1. The maximum Gasteiger partial charge on any atom is 0.0967 e. The highest BCUT2D eigenvalue weighted by Gasteiger charge is 2.24. The van der Waals surface area contributed by atoms with Crippen LogP contribution in [0.2, 0.25) is 0 Å². The molecule has 1 aromatic rings. The Balaban J connectivity index is 1.92. The van der Waals surface area contributed by atoms with E-state index in [1.165, 1.54) is 10.5 Å². The van der Waals surface area contributed by atoms with Crippen molar-refractivity contribution in [3.8, 4) is 0 Å². The van der Waals surface area contributed by atoms with Crippen LogP contribution in [0.4, 0.5) is 0 Å². The summed E-state index contributed by atoms with van der Waals surface area (Å²) in [7, 11) is 0. The average molecular weight is 253 g/mol. The van der Waals surface area contributed by atoms with Gasteiger partial charge in [0.2, 0.25) is 0 Å². The van der Waals surface area contributed by atoms with Gasteiger partial charge in [0.15, 0.2) is 0 Å². The van der Waals surface area contributed by atoms with Crippen LogP contribution in [0.15, 0.2) is 29.2 Å². The van der Waals surface area contributed by atoms with Crippen LogP contribution in [0.3, 0.4) is 0 Å². The molecule has 0 aliphatic carbocycles. The Bertz CT molecular complexity index is 353.